The molecule has 1 saturated heterocycles. The number of hydrogen-bond donors (Lipinski definition) is 0. The number of carbonyl (C=O) groups excluding carboxylic acids is 1. The zero-order valence-corrected chi connectivity index (χ0v) is 17.9. The number of oxazole rings is 1. The fourth-order valence-corrected chi connectivity index (χ4v) is 3.92. The molecular weight excluding hydrogens is 378 g/mol. The van der Waals surface area contributed by atoms with Crippen molar-refractivity contribution in [3.8, 4) is 11.1 Å². The Hall–Kier alpha value is -3.22. The number of likely N-dealkylation sites (tertiary alicyclic amines) is 1. The normalized spacial score (nSPS) is 16.1. The Balaban J connectivity index is 1.77. The molecule has 7 nitrogen and oxygen atoms in total. The third kappa shape index (κ3) is 3.67. The summed E-state index contributed by atoms with van der Waals surface area (Å²) in [5, 5.41) is 0. The number of benzene rings is 1. The van der Waals surface area contributed by atoms with Crippen LogP contribution in [0.4, 0.5) is 5.95 Å². The van der Waals surface area contributed by atoms with Crippen LogP contribution in [0.2, 0.25) is 0 Å². The molecular formula is C23H27N5O2. The maximum absolute atomic E-state index is 13.4. The van der Waals surface area contributed by atoms with Gasteiger partial charge in [0.25, 0.3) is 5.91 Å². The van der Waals surface area contributed by atoms with E-state index in [1.165, 1.54) is 0 Å². The Morgan fingerprint density at radius 3 is 2.67 bits per heavy atom. The van der Waals surface area contributed by atoms with Crippen LogP contribution in [-0.4, -0.2) is 46.4 Å². The molecule has 0 N–H and O–H groups in total. The SMILES string of the molecule is CCc1nc(C)c(C(=O)N2CCCC2c2nc(N(C)C)ncc2-c2ccccc2)o1. The third-order valence-electron chi connectivity index (χ3n) is 5.46. The summed E-state index contributed by atoms with van der Waals surface area (Å²) >= 11 is 0. The van der Waals surface area contributed by atoms with Gasteiger partial charge in [0.15, 0.2) is 5.89 Å². The Labute approximate surface area is 176 Å². The molecule has 1 atom stereocenters. The molecule has 0 spiro atoms. The van der Waals surface area contributed by atoms with E-state index in [1.807, 2.05) is 74.3 Å². The molecule has 0 saturated carbocycles. The molecule has 3 heterocycles. The molecule has 4 rings (SSSR count). The van der Waals surface area contributed by atoms with E-state index >= 15 is 0 Å². The maximum atomic E-state index is 13.4. The molecule has 0 aliphatic carbocycles. The average Bonchev–Trinajstić information content (AvgIpc) is 3.40. The van der Waals surface area contributed by atoms with Crippen LogP contribution in [0.15, 0.2) is 40.9 Å². The minimum absolute atomic E-state index is 0.119. The van der Waals surface area contributed by atoms with E-state index in [0.29, 0.717) is 36.3 Å². The van der Waals surface area contributed by atoms with Gasteiger partial charge in [0.1, 0.15) is 0 Å². The van der Waals surface area contributed by atoms with Crippen molar-refractivity contribution in [1.29, 1.82) is 0 Å². The van der Waals surface area contributed by atoms with Gasteiger partial charge in [-0.1, -0.05) is 37.3 Å². The predicted molar refractivity (Wildman–Crippen MR) is 115 cm³/mol. The highest BCUT2D eigenvalue weighted by molar-refractivity contribution is 5.93. The second-order valence-corrected chi connectivity index (χ2v) is 7.76. The lowest BCUT2D eigenvalue weighted by Gasteiger charge is -2.26. The van der Waals surface area contributed by atoms with Crippen molar-refractivity contribution in [3.63, 3.8) is 0 Å². The van der Waals surface area contributed by atoms with Gasteiger partial charge in [0, 0.05) is 38.8 Å². The number of amides is 1. The first-order chi connectivity index (χ1) is 14.5. The summed E-state index contributed by atoms with van der Waals surface area (Å²) < 4.78 is 5.76. The summed E-state index contributed by atoms with van der Waals surface area (Å²) in [7, 11) is 3.84. The van der Waals surface area contributed by atoms with Crippen molar-refractivity contribution in [2.75, 3.05) is 25.5 Å². The average molecular weight is 406 g/mol. The molecule has 2 aromatic heterocycles. The van der Waals surface area contributed by atoms with Crippen LogP contribution in [-0.2, 0) is 6.42 Å². The molecule has 1 amide bonds. The van der Waals surface area contributed by atoms with Crippen LogP contribution in [0.25, 0.3) is 11.1 Å². The first-order valence-electron chi connectivity index (χ1n) is 10.4. The summed E-state index contributed by atoms with van der Waals surface area (Å²) in [5.74, 6) is 1.44. The second-order valence-electron chi connectivity index (χ2n) is 7.76. The first kappa shape index (κ1) is 20.1. The number of hydrogen-bond acceptors (Lipinski definition) is 6. The first-order valence-corrected chi connectivity index (χ1v) is 10.4. The standard InChI is InChI=1S/C23H27N5O2/c1-5-19-25-15(2)21(30-19)22(29)28-13-9-12-18(28)20-17(16-10-7-6-8-11-16)14-24-23(26-20)27(3)4/h6-8,10-11,14,18H,5,9,12-13H2,1-4H3. The van der Waals surface area contributed by atoms with Crippen LogP contribution in [0, 0.1) is 6.92 Å². The number of nitrogens with zero attached hydrogens (tertiary/aromatic N) is 5. The minimum atomic E-state index is -0.135. The highest BCUT2D eigenvalue weighted by atomic mass is 16.4. The summed E-state index contributed by atoms with van der Waals surface area (Å²) in [5.41, 5.74) is 3.51. The Morgan fingerprint density at radius 2 is 2.00 bits per heavy atom. The van der Waals surface area contributed by atoms with Crippen LogP contribution < -0.4 is 4.90 Å². The summed E-state index contributed by atoms with van der Waals surface area (Å²) in [6.45, 7) is 4.46. The highest BCUT2D eigenvalue weighted by Crippen LogP contribution is 2.38. The number of rotatable bonds is 5. The van der Waals surface area contributed by atoms with Gasteiger partial charge in [-0.3, -0.25) is 4.79 Å². The van der Waals surface area contributed by atoms with E-state index in [4.69, 9.17) is 9.40 Å². The Bertz CT molecular complexity index is 1050. The van der Waals surface area contributed by atoms with Crippen molar-refractivity contribution < 1.29 is 9.21 Å². The Kier molecular flexibility index (Phi) is 5.53. The van der Waals surface area contributed by atoms with Gasteiger partial charge in [-0.25, -0.2) is 15.0 Å². The van der Waals surface area contributed by atoms with Gasteiger partial charge in [-0.15, -0.1) is 0 Å². The van der Waals surface area contributed by atoms with Gasteiger partial charge < -0.3 is 14.2 Å². The van der Waals surface area contributed by atoms with E-state index in [2.05, 4.69) is 9.97 Å². The molecule has 1 unspecified atom stereocenters. The van der Waals surface area contributed by atoms with Gasteiger partial charge in [-0.2, -0.15) is 0 Å². The number of aromatic nitrogens is 3. The fraction of sp³-hybridized carbons (Fsp3) is 0.391. The third-order valence-corrected chi connectivity index (χ3v) is 5.46. The van der Waals surface area contributed by atoms with Gasteiger partial charge in [0.2, 0.25) is 11.7 Å². The zero-order chi connectivity index (χ0) is 21.3. The van der Waals surface area contributed by atoms with E-state index in [-0.39, 0.29) is 11.9 Å². The van der Waals surface area contributed by atoms with E-state index in [1.54, 1.807) is 0 Å². The molecule has 1 aliphatic rings. The van der Waals surface area contributed by atoms with Crippen LogP contribution in [0.3, 0.4) is 0 Å². The lowest BCUT2D eigenvalue weighted by molar-refractivity contribution is 0.0698. The molecule has 1 aromatic carbocycles. The van der Waals surface area contributed by atoms with Crippen molar-refractivity contribution in [3.05, 3.63) is 59.6 Å². The van der Waals surface area contributed by atoms with Gasteiger partial charge in [0.05, 0.1) is 17.4 Å². The van der Waals surface area contributed by atoms with E-state index in [9.17, 15) is 4.79 Å². The summed E-state index contributed by atoms with van der Waals surface area (Å²) in [6.07, 6.45) is 4.29. The van der Waals surface area contributed by atoms with E-state index < -0.39 is 0 Å². The van der Waals surface area contributed by atoms with Crippen molar-refractivity contribution in [1.82, 2.24) is 19.9 Å². The Morgan fingerprint density at radius 1 is 1.23 bits per heavy atom. The quantitative estimate of drug-likeness (QED) is 0.638. The van der Waals surface area contributed by atoms with Crippen LogP contribution >= 0.6 is 0 Å². The number of carbonyl (C=O) groups is 1. The molecule has 3 aromatic rings. The van der Waals surface area contributed by atoms with Gasteiger partial charge >= 0.3 is 0 Å². The monoisotopic (exact) mass is 405 g/mol. The fourth-order valence-electron chi connectivity index (χ4n) is 3.92. The van der Waals surface area contributed by atoms with E-state index in [0.717, 1.165) is 29.7 Å². The lowest BCUT2D eigenvalue weighted by atomic mass is 10.00. The van der Waals surface area contributed by atoms with Crippen molar-refractivity contribution in [2.24, 2.45) is 0 Å². The number of anilines is 1. The molecule has 1 aliphatic heterocycles. The smallest absolute Gasteiger partial charge is 0.292 e. The molecule has 156 valence electrons. The lowest BCUT2D eigenvalue weighted by Crippen LogP contribution is -2.32. The number of aryl methyl sites for hydroxylation is 2. The summed E-state index contributed by atoms with van der Waals surface area (Å²) in [6, 6.07) is 9.95. The zero-order valence-electron chi connectivity index (χ0n) is 17.9. The largest absolute Gasteiger partial charge is 0.435 e. The minimum Gasteiger partial charge on any atom is -0.435 e. The predicted octanol–water partition coefficient (Wildman–Crippen LogP) is 4.05. The molecule has 30 heavy (non-hydrogen) atoms. The van der Waals surface area contributed by atoms with Gasteiger partial charge in [-0.05, 0) is 25.3 Å². The molecule has 0 bridgehead atoms. The van der Waals surface area contributed by atoms with Crippen molar-refractivity contribution >= 4 is 11.9 Å². The second kappa shape index (κ2) is 8.26. The topological polar surface area (TPSA) is 75.4 Å². The molecule has 7 heteroatoms. The van der Waals surface area contributed by atoms with Crippen LogP contribution in [0.5, 0.6) is 0 Å². The molecule has 0 radical (unpaired) electrons. The highest BCUT2D eigenvalue weighted by Gasteiger charge is 2.36. The summed E-state index contributed by atoms with van der Waals surface area (Å²) in [4.78, 5) is 30.9. The van der Waals surface area contributed by atoms with Crippen molar-refractivity contribution in [2.45, 2.75) is 39.2 Å². The maximum Gasteiger partial charge on any atom is 0.292 e. The van der Waals surface area contributed by atoms with Crippen LogP contribution in [0.1, 0.15) is 53.6 Å². The molecule has 1 fully saturated rings.